The Hall–Kier alpha value is -0.0800. The van der Waals surface area contributed by atoms with E-state index in [9.17, 15) is 5.11 Å². The van der Waals surface area contributed by atoms with E-state index in [1.54, 1.807) is 0 Å². The van der Waals surface area contributed by atoms with Crippen molar-refractivity contribution in [1.29, 1.82) is 0 Å². The van der Waals surface area contributed by atoms with Crippen LogP contribution in [0.2, 0.25) is 0 Å². The summed E-state index contributed by atoms with van der Waals surface area (Å²) in [5.74, 6) is -0.754. The molecular weight excluding hydrogens is 128 g/mol. The molecule has 0 bridgehead atoms. The van der Waals surface area contributed by atoms with Gasteiger partial charge >= 0.3 is 0 Å². The average Bonchev–Trinajstić information content (AvgIpc) is 2.33. The van der Waals surface area contributed by atoms with Crippen molar-refractivity contribution in [3.8, 4) is 0 Å². The molecule has 10 heavy (non-hydrogen) atoms. The molecule has 1 N–H and O–H groups in total. The number of ether oxygens (including phenoxy) is 1. The fourth-order valence-corrected chi connectivity index (χ4v) is 1.36. The Morgan fingerprint density at radius 2 is 2.00 bits per heavy atom. The zero-order valence-electron chi connectivity index (χ0n) is 6.60. The molecule has 0 saturated heterocycles. The summed E-state index contributed by atoms with van der Waals surface area (Å²) < 4.78 is 5.30. The first kappa shape index (κ1) is 8.02. The maximum Gasteiger partial charge on any atom is 0.165 e. The second-order valence-electron chi connectivity index (χ2n) is 3.00. The Morgan fingerprint density at radius 3 is 2.50 bits per heavy atom. The van der Waals surface area contributed by atoms with E-state index in [0.29, 0.717) is 6.61 Å². The average molecular weight is 144 g/mol. The first-order chi connectivity index (χ1) is 4.77. The molecule has 2 heteroatoms. The van der Waals surface area contributed by atoms with Gasteiger partial charge in [0.2, 0.25) is 0 Å². The number of rotatable bonds is 3. The van der Waals surface area contributed by atoms with Gasteiger partial charge in [-0.05, 0) is 19.3 Å². The summed E-state index contributed by atoms with van der Waals surface area (Å²) in [4.78, 5) is 0. The van der Waals surface area contributed by atoms with Crippen LogP contribution in [0.15, 0.2) is 0 Å². The molecule has 0 unspecified atom stereocenters. The summed E-state index contributed by atoms with van der Waals surface area (Å²) in [7, 11) is 0. The van der Waals surface area contributed by atoms with E-state index in [0.717, 1.165) is 32.1 Å². The molecule has 1 rings (SSSR count). The second kappa shape index (κ2) is 3.35. The number of aliphatic hydroxyl groups is 1. The SMILES string of the molecule is CCCOC1(O)CCCC1. The zero-order valence-corrected chi connectivity index (χ0v) is 6.60. The molecule has 0 aromatic heterocycles. The highest BCUT2D eigenvalue weighted by molar-refractivity contribution is 4.74. The first-order valence-electron chi connectivity index (χ1n) is 4.13. The number of hydrogen-bond acceptors (Lipinski definition) is 2. The Bertz CT molecular complexity index is 95.4. The first-order valence-corrected chi connectivity index (χ1v) is 4.13. The van der Waals surface area contributed by atoms with Crippen LogP contribution in [0.3, 0.4) is 0 Å². The van der Waals surface area contributed by atoms with Gasteiger partial charge in [-0.25, -0.2) is 0 Å². The van der Waals surface area contributed by atoms with Crippen molar-refractivity contribution in [3.05, 3.63) is 0 Å². The Labute approximate surface area is 62.2 Å². The van der Waals surface area contributed by atoms with Crippen molar-refractivity contribution >= 4 is 0 Å². The zero-order chi connectivity index (χ0) is 7.45. The molecule has 0 aliphatic heterocycles. The van der Waals surface area contributed by atoms with Crippen LogP contribution in [-0.4, -0.2) is 17.5 Å². The van der Waals surface area contributed by atoms with Crippen LogP contribution in [0, 0.1) is 0 Å². The van der Waals surface area contributed by atoms with Crippen molar-refractivity contribution in [2.75, 3.05) is 6.61 Å². The fourth-order valence-electron chi connectivity index (χ4n) is 1.36. The summed E-state index contributed by atoms with van der Waals surface area (Å²) in [6.07, 6.45) is 4.86. The molecule has 2 nitrogen and oxygen atoms in total. The highest BCUT2D eigenvalue weighted by Crippen LogP contribution is 2.30. The van der Waals surface area contributed by atoms with Gasteiger partial charge in [-0.2, -0.15) is 0 Å². The minimum atomic E-state index is -0.754. The van der Waals surface area contributed by atoms with E-state index in [2.05, 4.69) is 6.92 Å². The van der Waals surface area contributed by atoms with Gasteiger partial charge in [0.15, 0.2) is 5.79 Å². The Balaban J connectivity index is 2.22. The van der Waals surface area contributed by atoms with E-state index < -0.39 is 5.79 Å². The van der Waals surface area contributed by atoms with Crippen LogP contribution in [0.25, 0.3) is 0 Å². The van der Waals surface area contributed by atoms with Crippen LogP contribution in [0.4, 0.5) is 0 Å². The van der Waals surface area contributed by atoms with Crippen LogP contribution in [0.1, 0.15) is 39.0 Å². The van der Waals surface area contributed by atoms with Gasteiger partial charge in [0.1, 0.15) is 0 Å². The summed E-state index contributed by atoms with van der Waals surface area (Å²) in [6, 6.07) is 0. The quantitative estimate of drug-likeness (QED) is 0.610. The minimum absolute atomic E-state index is 0.691. The molecule has 0 atom stereocenters. The predicted octanol–water partition coefficient (Wildman–Crippen LogP) is 1.68. The molecule has 60 valence electrons. The topological polar surface area (TPSA) is 29.5 Å². The van der Waals surface area contributed by atoms with Crippen LogP contribution in [-0.2, 0) is 4.74 Å². The Kier molecular flexibility index (Phi) is 2.69. The number of hydrogen-bond donors (Lipinski definition) is 1. The lowest BCUT2D eigenvalue weighted by Gasteiger charge is -2.21. The molecule has 0 aromatic carbocycles. The highest BCUT2D eigenvalue weighted by atomic mass is 16.6. The molecular formula is C8H16O2. The van der Waals surface area contributed by atoms with Crippen molar-refractivity contribution < 1.29 is 9.84 Å². The van der Waals surface area contributed by atoms with E-state index in [-0.39, 0.29) is 0 Å². The standard InChI is InChI=1S/C8H16O2/c1-2-7-10-8(9)5-3-4-6-8/h9H,2-7H2,1H3. The van der Waals surface area contributed by atoms with Crippen molar-refractivity contribution in [2.45, 2.75) is 44.8 Å². The van der Waals surface area contributed by atoms with Gasteiger partial charge < -0.3 is 9.84 Å². The molecule has 0 heterocycles. The van der Waals surface area contributed by atoms with Gasteiger partial charge in [-0.3, -0.25) is 0 Å². The molecule has 1 aliphatic rings. The third-order valence-corrected chi connectivity index (χ3v) is 1.96. The van der Waals surface area contributed by atoms with Crippen LogP contribution >= 0.6 is 0 Å². The lowest BCUT2D eigenvalue weighted by molar-refractivity contribution is -0.197. The lowest BCUT2D eigenvalue weighted by atomic mass is 10.2. The van der Waals surface area contributed by atoms with E-state index in [1.807, 2.05) is 0 Å². The molecule has 0 amide bonds. The summed E-state index contributed by atoms with van der Waals surface area (Å²) in [5, 5.41) is 9.60. The van der Waals surface area contributed by atoms with Gasteiger partial charge in [0.25, 0.3) is 0 Å². The third kappa shape index (κ3) is 1.96. The maximum absolute atomic E-state index is 9.60. The van der Waals surface area contributed by atoms with E-state index in [4.69, 9.17) is 4.74 Å². The highest BCUT2D eigenvalue weighted by Gasteiger charge is 2.31. The van der Waals surface area contributed by atoms with Gasteiger partial charge in [-0.1, -0.05) is 6.92 Å². The molecule has 0 spiro atoms. The molecule has 1 aliphatic carbocycles. The monoisotopic (exact) mass is 144 g/mol. The summed E-state index contributed by atoms with van der Waals surface area (Å²) in [5.41, 5.74) is 0. The minimum Gasteiger partial charge on any atom is -0.365 e. The van der Waals surface area contributed by atoms with E-state index >= 15 is 0 Å². The lowest BCUT2D eigenvalue weighted by Crippen LogP contribution is -2.28. The maximum atomic E-state index is 9.60. The fraction of sp³-hybridized carbons (Fsp3) is 1.00. The van der Waals surface area contributed by atoms with Crippen molar-refractivity contribution in [2.24, 2.45) is 0 Å². The molecule has 0 radical (unpaired) electrons. The molecule has 0 aromatic rings. The second-order valence-corrected chi connectivity index (χ2v) is 3.00. The smallest absolute Gasteiger partial charge is 0.165 e. The summed E-state index contributed by atoms with van der Waals surface area (Å²) in [6.45, 7) is 2.74. The van der Waals surface area contributed by atoms with Gasteiger partial charge in [-0.15, -0.1) is 0 Å². The normalized spacial score (nSPS) is 23.4. The van der Waals surface area contributed by atoms with Crippen LogP contribution < -0.4 is 0 Å². The molecule has 1 saturated carbocycles. The van der Waals surface area contributed by atoms with E-state index in [1.165, 1.54) is 0 Å². The Morgan fingerprint density at radius 1 is 1.40 bits per heavy atom. The third-order valence-electron chi connectivity index (χ3n) is 1.96. The van der Waals surface area contributed by atoms with Gasteiger partial charge in [0.05, 0.1) is 0 Å². The van der Waals surface area contributed by atoms with Crippen molar-refractivity contribution in [3.63, 3.8) is 0 Å². The summed E-state index contributed by atoms with van der Waals surface area (Å²) >= 11 is 0. The predicted molar refractivity (Wildman–Crippen MR) is 39.7 cm³/mol. The largest absolute Gasteiger partial charge is 0.365 e. The van der Waals surface area contributed by atoms with Crippen LogP contribution in [0.5, 0.6) is 0 Å². The van der Waals surface area contributed by atoms with Gasteiger partial charge in [0, 0.05) is 19.4 Å². The molecule has 1 fully saturated rings. The van der Waals surface area contributed by atoms with Crippen molar-refractivity contribution in [1.82, 2.24) is 0 Å².